The van der Waals surface area contributed by atoms with E-state index in [2.05, 4.69) is 12.2 Å². The predicted octanol–water partition coefficient (Wildman–Crippen LogP) is 2.14. The van der Waals surface area contributed by atoms with Gasteiger partial charge in [0.25, 0.3) is 5.91 Å². The molecule has 1 saturated heterocycles. The number of anilines is 1. The fourth-order valence-corrected chi connectivity index (χ4v) is 2.46. The number of hydrogen-bond donors (Lipinski definition) is 2. The molecule has 0 spiro atoms. The summed E-state index contributed by atoms with van der Waals surface area (Å²) in [4.78, 5) is 36.3. The highest BCUT2D eigenvalue weighted by Gasteiger charge is 2.21. The van der Waals surface area contributed by atoms with E-state index in [-0.39, 0.29) is 5.91 Å². The Morgan fingerprint density at radius 2 is 1.91 bits per heavy atom. The van der Waals surface area contributed by atoms with E-state index in [9.17, 15) is 14.4 Å². The zero-order chi connectivity index (χ0) is 16.8. The standard InChI is InChI=1S/C17H20N2O4/c1-12-7-9-19(10-8-12)17(23)13-3-2-4-14(11-13)18-15(20)5-6-16(21)22/h2-6,11-12H,7-10H2,1H3,(H,18,20)(H,21,22)/b6-5+. The fourth-order valence-electron chi connectivity index (χ4n) is 2.46. The lowest BCUT2D eigenvalue weighted by molar-refractivity contribution is -0.131. The third kappa shape index (κ3) is 4.95. The van der Waals surface area contributed by atoms with Crippen LogP contribution in [0.5, 0.6) is 0 Å². The Labute approximate surface area is 134 Å². The molecule has 1 aromatic rings. The summed E-state index contributed by atoms with van der Waals surface area (Å²) in [5.74, 6) is -1.15. The zero-order valence-electron chi connectivity index (χ0n) is 13.0. The number of likely N-dealkylation sites (tertiary alicyclic amines) is 1. The van der Waals surface area contributed by atoms with Crippen LogP contribution in [0.2, 0.25) is 0 Å². The Morgan fingerprint density at radius 1 is 1.22 bits per heavy atom. The van der Waals surface area contributed by atoms with Crippen molar-refractivity contribution in [2.45, 2.75) is 19.8 Å². The molecule has 0 radical (unpaired) electrons. The van der Waals surface area contributed by atoms with Gasteiger partial charge in [-0.2, -0.15) is 0 Å². The summed E-state index contributed by atoms with van der Waals surface area (Å²) in [7, 11) is 0. The minimum atomic E-state index is -1.19. The van der Waals surface area contributed by atoms with Crippen molar-refractivity contribution in [3.05, 3.63) is 42.0 Å². The van der Waals surface area contributed by atoms with Crippen LogP contribution in [0, 0.1) is 5.92 Å². The molecule has 0 saturated carbocycles. The largest absolute Gasteiger partial charge is 0.478 e. The molecule has 23 heavy (non-hydrogen) atoms. The molecular formula is C17H20N2O4. The van der Waals surface area contributed by atoms with E-state index >= 15 is 0 Å². The van der Waals surface area contributed by atoms with Gasteiger partial charge in [0.05, 0.1) is 0 Å². The van der Waals surface area contributed by atoms with E-state index in [4.69, 9.17) is 5.11 Å². The molecule has 0 bridgehead atoms. The number of carboxylic acids is 1. The van der Waals surface area contributed by atoms with Crippen molar-refractivity contribution >= 4 is 23.5 Å². The Kier molecular flexibility index (Phi) is 5.51. The monoisotopic (exact) mass is 316 g/mol. The van der Waals surface area contributed by atoms with E-state index in [0.29, 0.717) is 17.2 Å². The minimum Gasteiger partial charge on any atom is -0.478 e. The molecule has 2 amide bonds. The van der Waals surface area contributed by atoms with E-state index in [1.54, 1.807) is 24.3 Å². The van der Waals surface area contributed by atoms with Crippen LogP contribution >= 0.6 is 0 Å². The van der Waals surface area contributed by atoms with Gasteiger partial charge in [-0.25, -0.2) is 4.79 Å². The second-order valence-corrected chi connectivity index (χ2v) is 5.72. The van der Waals surface area contributed by atoms with E-state index in [1.165, 1.54) is 0 Å². The molecular weight excluding hydrogens is 296 g/mol. The second-order valence-electron chi connectivity index (χ2n) is 5.72. The maximum Gasteiger partial charge on any atom is 0.328 e. The lowest BCUT2D eigenvalue weighted by atomic mass is 9.98. The van der Waals surface area contributed by atoms with Crippen molar-refractivity contribution in [2.75, 3.05) is 18.4 Å². The Bertz CT molecular complexity index is 631. The number of carbonyl (C=O) groups is 3. The number of amides is 2. The van der Waals surface area contributed by atoms with Crippen molar-refractivity contribution in [1.29, 1.82) is 0 Å². The number of aliphatic carboxylic acids is 1. The molecule has 6 nitrogen and oxygen atoms in total. The van der Waals surface area contributed by atoms with Crippen LogP contribution in [-0.2, 0) is 9.59 Å². The molecule has 6 heteroatoms. The highest BCUT2D eigenvalue weighted by molar-refractivity contribution is 6.03. The first-order valence-corrected chi connectivity index (χ1v) is 7.57. The normalized spacial score (nSPS) is 15.6. The molecule has 1 aliphatic rings. The number of carboxylic acid groups (broad SMARTS) is 1. The van der Waals surface area contributed by atoms with Gasteiger partial charge in [-0.1, -0.05) is 13.0 Å². The topological polar surface area (TPSA) is 86.7 Å². The first-order chi connectivity index (χ1) is 11.0. The molecule has 1 fully saturated rings. The van der Waals surface area contributed by atoms with Crippen molar-refractivity contribution in [2.24, 2.45) is 5.92 Å². The number of nitrogens with zero attached hydrogens (tertiary/aromatic N) is 1. The number of hydrogen-bond acceptors (Lipinski definition) is 3. The van der Waals surface area contributed by atoms with Gasteiger partial charge in [0.2, 0.25) is 5.91 Å². The molecule has 0 aliphatic carbocycles. The lowest BCUT2D eigenvalue weighted by Gasteiger charge is -2.30. The van der Waals surface area contributed by atoms with Crippen LogP contribution in [0.3, 0.4) is 0 Å². The summed E-state index contributed by atoms with van der Waals surface area (Å²) in [6.45, 7) is 3.68. The number of nitrogens with one attached hydrogen (secondary N) is 1. The predicted molar refractivity (Wildman–Crippen MR) is 86.1 cm³/mol. The minimum absolute atomic E-state index is 0.0472. The number of benzene rings is 1. The maximum atomic E-state index is 12.5. The Balaban J connectivity index is 2.03. The van der Waals surface area contributed by atoms with Crippen LogP contribution < -0.4 is 5.32 Å². The van der Waals surface area contributed by atoms with Crippen LogP contribution in [0.4, 0.5) is 5.69 Å². The van der Waals surface area contributed by atoms with Crippen LogP contribution in [0.25, 0.3) is 0 Å². The van der Waals surface area contributed by atoms with Gasteiger partial charge in [-0.05, 0) is 37.0 Å². The molecule has 122 valence electrons. The van der Waals surface area contributed by atoms with Gasteiger partial charge in [-0.15, -0.1) is 0 Å². The maximum absolute atomic E-state index is 12.5. The fraction of sp³-hybridized carbons (Fsp3) is 0.353. The zero-order valence-corrected chi connectivity index (χ0v) is 13.0. The van der Waals surface area contributed by atoms with Crippen molar-refractivity contribution in [3.8, 4) is 0 Å². The summed E-state index contributed by atoms with van der Waals surface area (Å²) in [5, 5.41) is 11.0. The first-order valence-electron chi connectivity index (χ1n) is 7.57. The summed E-state index contributed by atoms with van der Waals surface area (Å²) < 4.78 is 0. The van der Waals surface area contributed by atoms with Crippen LogP contribution in [-0.4, -0.2) is 40.9 Å². The Hall–Kier alpha value is -2.63. The van der Waals surface area contributed by atoms with E-state index < -0.39 is 11.9 Å². The summed E-state index contributed by atoms with van der Waals surface area (Å²) in [6, 6.07) is 6.66. The van der Waals surface area contributed by atoms with E-state index in [1.807, 2.05) is 4.90 Å². The average Bonchev–Trinajstić information content (AvgIpc) is 2.53. The molecule has 2 rings (SSSR count). The average molecular weight is 316 g/mol. The molecule has 1 aliphatic heterocycles. The van der Waals surface area contributed by atoms with Crippen LogP contribution in [0.15, 0.2) is 36.4 Å². The van der Waals surface area contributed by atoms with Crippen molar-refractivity contribution in [3.63, 3.8) is 0 Å². The lowest BCUT2D eigenvalue weighted by Crippen LogP contribution is -2.37. The third-order valence-corrected chi connectivity index (χ3v) is 3.83. The van der Waals surface area contributed by atoms with Gasteiger partial charge < -0.3 is 15.3 Å². The molecule has 1 heterocycles. The van der Waals surface area contributed by atoms with Gasteiger partial charge in [0, 0.05) is 36.5 Å². The summed E-state index contributed by atoms with van der Waals surface area (Å²) >= 11 is 0. The number of carbonyl (C=O) groups excluding carboxylic acids is 2. The SMILES string of the molecule is CC1CCN(C(=O)c2cccc(NC(=O)/C=C/C(=O)O)c2)CC1. The molecule has 1 aromatic carbocycles. The molecule has 0 unspecified atom stereocenters. The van der Waals surface area contributed by atoms with Gasteiger partial charge >= 0.3 is 5.97 Å². The van der Waals surface area contributed by atoms with E-state index in [0.717, 1.165) is 38.1 Å². The highest BCUT2D eigenvalue weighted by Crippen LogP contribution is 2.19. The smallest absolute Gasteiger partial charge is 0.328 e. The van der Waals surface area contributed by atoms with Gasteiger partial charge in [0.15, 0.2) is 0 Å². The first kappa shape index (κ1) is 16.7. The molecule has 0 atom stereocenters. The molecule has 0 aromatic heterocycles. The number of piperidine rings is 1. The van der Waals surface area contributed by atoms with Gasteiger partial charge in [0.1, 0.15) is 0 Å². The van der Waals surface area contributed by atoms with Crippen molar-refractivity contribution < 1.29 is 19.5 Å². The highest BCUT2D eigenvalue weighted by atomic mass is 16.4. The van der Waals surface area contributed by atoms with Crippen LogP contribution in [0.1, 0.15) is 30.1 Å². The summed E-state index contributed by atoms with van der Waals surface area (Å²) in [6.07, 6.45) is 3.70. The summed E-state index contributed by atoms with van der Waals surface area (Å²) in [5.41, 5.74) is 0.973. The second kappa shape index (κ2) is 7.58. The van der Waals surface area contributed by atoms with Crippen molar-refractivity contribution in [1.82, 2.24) is 4.90 Å². The Morgan fingerprint density at radius 3 is 2.57 bits per heavy atom. The van der Waals surface area contributed by atoms with Gasteiger partial charge in [-0.3, -0.25) is 9.59 Å². The molecule has 2 N–H and O–H groups in total. The third-order valence-electron chi connectivity index (χ3n) is 3.83. The quantitative estimate of drug-likeness (QED) is 0.833. The number of rotatable bonds is 4.